The summed E-state index contributed by atoms with van der Waals surface area (Å²) in [6, 6.07) is 9.84. The Balaban J connectivity index is 1.84. The van der Waals surface area contributed by atoms with E-state index in [9.17, 15) is 18.0 Å². The van der Waals surface area contributed by atoms with Crippen molar-refractivity contribution in [1.82, 2.24) is 15.0 Å². The molecule has 0 saturated carbocycles. The Morgan fingerprint density at radius 3 is 2.43 bits per heavy atom. The largest absolute Gasteiger partial charge is 0.496 e. The molecule has 0 atom stereocenters. The van der Waals surface area contributed by atoms with Gasteiger partial charge >= 0.3 is 12.1 Å². The van der Waals surface area contributed by atoms with Crippen molar-refractivity contribution in [3.8, 4) is 17.0 Å². The Bertz CT molecular complexity index is 982. The molecule has 1 heterocycles. The summed E-state index contributed by atoms with van der Waals surface area (Å²) in [6.07, 6.45) is -2.84. The van der Waals surface area contributed by atoms with Crippen LogP contribution in [-0.2, 0) is 17.5 Å². The molecule has 0 radical (unpaired) electrons. The van der Waals surface area contributed by atoms with Crippen LogP contribution in [0, 0.1) is 0 Å². The van der Waals surface area contributed by atoms with Crippen molar-refractivity contribution in [3.63, 3.8) is 0 Å². The maximum Gasteiger partial charge on any atom is 0.416 e. The fraction of sp³-hybridized carbons (Fsp3) is 0.211. The summed E-state index contributed by atoms with van der Waals surface area (Å²) in [5.41, 5.74) is 1.18. The van der Waals surface area contributed by atoms with E-state index in [2.05, 4.69) is 15.0 Å². The van der Waals surface area contributed by atoms with Crippen LogP contribution >= 0.6 is 0 Å². The number of benzene rings is 2. The van der Waals surface area contributed by atoms with Crippen molar-refractivity contribution in [3.05, 3.63) is 65.4 Å². The zero-order chi connectivity index (χ0) is 20.3. The molecule has 0 aliphatic heterocycles. The number of halogens is 3. The predicted octanol–water partition coefficient (Wildman–Crippen LogP) is 3.81. The summed E-state index contributed by atoms with van der Waals surface area (Å²) < 4.78 is 50.1. The van der Waals surface area contributed by atoms with Crippen molar-refractivity contribution in [2.75, 3.05) is 14.2 Å². The highest BCUT2D eigenvalue weighted by molar-refractivity contribution is 5.89. The topological polar surface area (TPSA) is 66.2 Å². The van der Waals surface area contributed by atoms with Crippen LogP contribution in [0.3, 0.4) is 0 Å². The van der Waals surface area contributed by atoms with Gasteiger partial charge < -0.3 is 9.47 Å². The van der Waals surface area contributed by atoms with Crippen LogP contribution in [0.15, 0.2) is 48.7 Å². The van der Waals surface area contributed by atoms with Crippen LogP contribution < -0.4 is 4.74 Å². The Kier molecular flexibility index (Phi) is 5.34. The van der Waals surface area contributed by atoms with Crippen LogP contribution in [-0.4, -0.2) is 35.2 Å². The van der Waals surface area contributed by atoms with Gasteiger partial charge in [-0.05, 0) is 30.3 Å². The van der Waals surface area contributed by atoms with Gasteiger partial charge in [-0.3, -0.25) is 0 Å². The van der Waals surface area contributed by atoms with Crippen molar-refractivity contribution >= 4 is 5.97 Å². The maximum absolute atomic E-state index is 13.0. The minimum absolute atomic E-state index is 0.0559. The molecule has 3 rings (SSSR count). The Labute approximate surface area is 158 Å². The van der Waals surface area contributed by atoms with Gasteiger partial charge in [0, 0.05) is 11.1 Å². The number of carbonyl (C=O) groups excluding carboxylic acids is 1. The molecule has 6 nitrogen and oxygen atoms in total. The Morgan fingerprint density at radius 2 is 1.82 bits per heavy atom. The highest BCUT2D eigenvalue weighted by Crippen LogP contribution is 2.33. The lowest BCUT2D eigenvalue weighted by molar-refractivity contribution is -0.137. The van der Waals surface area contributed by atoms with E-state index in [1.165, 1.54) is 25.0 Å². The molecule has 0 aliphatic carbocycles. The first-order chi connectivity index (χ1) is 13.3. The number of ether oxygens (including phenoxy) is 2. The van der Waals surface area contributed by atoms with Crippen LogP contribution in [0.2, 0.25) is 0 Å². The van der Waals surface area contributed by atoms with E-state index in [0.29, 0.717) is 28.1 Å². The third-order valence-electron chi connectivity index (χ3n) is 4.08. The number of hydrogen-bond acceptors (Lipinski definition) is 5. The SMILES string of the molecule is COC(=O)c1ccc(-c2cn(Cc3cc(C(F)(F)F)ccc3OC)nn2)cc1. The highest BCUT2D eigenvalue weighted by Gasteiger charge is 2.31. The molecule has 0 unspecified atom stereocenters. The average molecular weight is 391 g/mol. The second-order valence-electron chi connectivity index (χ2n) is 5.89. The lowest BCUT2D eigenvalue weighted by Crippen LogP contribution is -2.08. The minimum atomic E-state index is -4.45. The van der Waals surface area contributed by atoms with Gasteiger partial charge in [-0.2, -0.15) is 13.2 Å². The van der Waals surface area contributed by atoms with Crippen molar-refractivity contribution in [2.24, 2.45) is 0 Å². The molecule has 1 aromatic heterocycles. The molecule has 146 valence electrons. The smallest absolute Gasteiger partial charge is 0.416 e. The van der Waals surface area contributed by atoms with E-state index < -0.39 is 17.7 Å². The molecular weight excluding hydrogens is 375 g/mol. The third-order valence-corrected chi connectivity index (χ3v) is 4.08. The number of nitrogens with zero attached hydrogens (tertiary/aromatic N) is 3. The molecule has 0 N–H and O–H groups in total. The van der Waals surface area contributed by atoms with Gasteiger partial charge in [-0.1, -0.05) is 17.3 Å². The molecule has 0 aliphatic rings. The zero-order valence-electron chi connectivity index (χ0n) is 15.0. The minimum Gasteiger partial charge on any atom is -0.496 e. The number of carbonyl (C=O) groups is 1. The summed E-state index contributed by atoms with van der Waals surface area (Å²) in [5.74, 6) is -0.126. The Hall–Kier alpha value is -3.36. The van der Waals surface area contributed by atoms with Gasteiger partial charge in [0.05, 0.1) is 38.1 Å². The number of rotatable bonds is 5. The number of alkyl halides is 3. The van der Waals surface area contributed by atoms with E-state index in [0.717, 1.165) is 12.1 Å². The first-order valence-corrected chi connectivity index (χ1v) is 8.15. The maximum atomic E-state index is 13.0. The van der Waals surface area contributed by atoms with Crippen LogP contribution in [0.4, 0.5) is 13.2 Å². The van der Waals surface area contributed by atoms with Crippen molar-refractivity contribution in [2.45, 2.75) is 12.7 Å². The fourth-order valence-corrected chi connectivity index (χ4v) is 2.66. The summed E-state index contributed by atoms with van der Waals surface area (Å²) in [6.45, 7) is 0.0559. The van der Waals surface area contributed by atoms with Gasteiger partial charge in [0.25, 0.3) is 0 Å². The van der Waals surface area contributed by atoms with E-state index in [4.69, 9.17) is 4.74 Å². The van der Waals surface area contributed by atoms with E-state index >= 15 is 0 Å². The van der Waals surface area contributed by atoms with E-state index in [-0.39, 0.29) is 6.54 Å². The first-order valence-electron chi connectivity index (χ1n) is 8.15. The van der Waals surface area contributed by atoms with Gasteiger partial charge in [0.15, 0.2) is 0 Å². The van der Waals surface area contributed by atoms with Gasteiger partial charge in [-0.15, -0.1) is 5.10 Å². The number of methoxy groups -OCH3 is 2. The van der Waals surface area contributed by atoms with Gasteiger partial charge in [0.1, 0.15) is 11.4 Å². The zero-order valence-corrected chi connectivity index (χ0v) is 15.0. The molecule has 0 amide bonds. The normalized spacial score (nSPS) is 11.3. The molecule has 0 bridgehead atoms. The van der Waals surface area contributed by atoms with E-state index in [1.807, 2.05) is 0 Å². The quantitative estimate of drug-likeness (QED) is 0.619. The molecule has 0 saturated heterocycles. The fourth-order valence-electron chi connectivity index (χ4n) is 2.66. The standard InChI is InChI=1S/C19H16F3N3O3/c1-27-17-8-7-15(19(20,21)22)9-14(17)10-25-11-16(23-24-25)12-3-5-13(6-4-12)18(26)28-2/h3-9,11H,10H2,1-2H3. The van der Waals surface area contributed by atoms with Crippen LogP contribution in [0.1, 0.15) is 21.5 Å². The van der Waals surface area contributed by atoms with Gasteiger partial charge in [0.2, 0.25) is 0 Å². The van der Waals surface area contributed by atoms with Crippen LogP contribution in [0.25, 0.3) is 11.3 Å². The summed E-state index contributed by atoms with van der Waals surface area (Å²) in [7, 11) is 2.69. The molecular formula is C19H16F3N3O3. The first kappa shape index (κ1) is 19.4. The van der Waals surface area contributed by atoms with Crippen LogP contribution in [0.5, 0.6) is 5.75 Å². The lowest BCUT2D eigenvalue weighted by atomic mass is 10.1. The number of aromatic nitrogens is 3. The Morgan fingerprint density at radius 1 is 1.11 bits per heavy atom. The average Bonchev–Trinajstić information content (AvgIpc) is 3.15. The summed E-state index contributed by atoms with van der Waals surface area (Å²) in [5, 5.41) is 8.00. The second-order valence-corrected chi connectivity index (χ2v) is 5.89. The molecule has 28 heavy (non-hydrogen) atoms. The molecule has 0 spiro atoms. The van der Waals surface area contributed by atoms with Crippen molar-refractivity contribution in [1.29, 1.82) is 0 Å². The highest BCUT2D eigenvalue weighted by atomic mass is 19.4. The predicted molar refractivity (Wildman–Crippen MR) is 93.9 cm³/mol. The van der Waals surface area contributed by atoms with E-state index in [1.54, 1.807) is 30.5 Å². The lowest BCUT2D eigenvalue weighted by Gasteiger charge is -2.12. The molecule has 0 fully saturated rings. The number of hydrogen-bond donors (Lipinski definition) is 0. The third kappa shape index (κ3) is 4.13. The van der Waals surface area contributed by atoms with Crippen molar-refractivity contribution < 1.29 is 27.4 Å². The summed E-state index contributed by atoms with van der Waals surface area (Å²) >= 11 is 0. The van der Waals surface area contributed by atoms with Gasteiger partial charge in [-0.25, -0.2) is 9.48 Å². The number of esters is 1. The summed E-state index contributed by atoms with van der Waals surface area (Å²) in [4.78, 5) is 11.5. The molecule has 2 aromatic carbocycles. The molecule has 9 heteroatoms. The molecule has 3 aromatic rings. The second kappa shape index (κ2) is 7.71. The monoisotopic (exact) mass is 391 g/mol.